The molecule has 20 heavy (non-hydrogen) atoms. The number of aliphatic hydroxyl groups is 1. The van der Waals surface area contributed by atoms with Crippen molar-refractivity contribution in [2.45, 2.75) is 46.0 Å². The van der Waals surface area contributed by atoms with E-state index < -0.39 is 0 Å². The van der Waals surface area contributed by atoms with Gasteiger partial charge in [-0.25, -0.2) is 0 Å². The van der Waals surface area contributed by atoms with E-state index >= 15 is 0 Å². The van der Waals surface area contributed by atoms with E-state index in [-0.39, 0.29) is 25.0 Å². The lowest BCUT2D eigenvalue weighted by Gasteiger charge is -2.26. The summed E-state index contributed by atoms with van der Waals surface area (Å²) in [6.07, 6.45) is 4.18. The zero-order valence-corrected chi connectivity index (χ0v) is 12.7. The summed E-state index contributed by atoms with van der Waals surface area (Å²) >= 11 is 0. The van der Waals surface area contributed by atoms with E-state index in [2.05, 4.69) is 19.2 Å². The topological polar surface area (TPSA) is 69.6 Å². The van der Waals surface area contributed by atoms with Gasteiger partial charge in [-0.05, 0) is 37.5 Å². The number of carbonyl (C=O) groups is 2. The standard InChI is InChI=1S/C15H28N2O3/c1-12(2)9-13(6-8-18)10-16-14(19)11-17-7-4-3-5-15(17)20/h12-13,18H,3-11H2,1-2H3,(H,16,19). The first-order valence-corrected chi connectivity index (χ1v) is 7.68. The second-order valence-electron chi connectivity index (χ2n) is 6.08. The molecule has 1 heterocycles. The van der Waals surface area contributed by atoms with Gasteiger partial charge in [-0.2, -0.15) is 0 Å². The zero-order chi connectivity index (χ0) is 15.0. The number of nitrogens with one attached hydrogen (secondary N) is 1. The third-order valence-corrected chi connectivity index (χ3v) is 3.69. The Labute approximate surface area is 121 Å². The lowest BCUT2D eigenvalue weighted by Crippen LogP contribution is -2.44. The first kappa shape index (κ1) is 17.0. The molecule has 0 aromatic heterocycles. The van der Waals surface area contributed by atoms with Crippen LogP contribution in [0.5, 0.6) is 0 Å². The second kappa shape index (κ2) is 8.95. The summed E-state index contributed by atoms with van der Waals surface area (Å²) in [6.45, 7) is 5.87. The Hall–Kier alpha value is -1.10. The van der Waals surface area contributed by atoms with Crippen LogP contribution in [0.3, 0.4) is 0 Å². The number of aliphatic hydroxyl groups excluding tert-OH is 1. The molecule has 1 atom stereocenters. The van der Waals surface area contributed by atoms with Crippen molar-refractivity contribution in [3.05, 3.63) is 0 Å². The fourth-order valence-corrected chi connectivity index (χ4v) is 2.67. The number of nitrogens with zero attached hydrogens (tertiary/aromatic N) is 1. The molecule has 0 saturated carbocycles. The molecule has 0 spiro atoms. The molecule has 1 fully saturated rings. The van der Waals surface area contributed by atoms with Gasteiger partial charge in [0.15, 0.2) is 0 Å². The van der Waals surface area contributed by atoms with Crippen molar-refractivity contribution in [3.63, 3.8) is 0 Å². The molecule has 0 aromatic rings. The highest BCUT2D eigenvalue weighted by molar-refractivity contribution is 5.85. The summed E-state index contributed by atoms with van der Waals surface area (Å²) in [7, 11) is 0. The smallest absolute Gasteiger partial charge is 0.239 e. The minimum atomic E-state index is -0.0908. The van der Waals surface area contributed by atoms with Crippen molar-refractivity contribution in [1.82, 2.24) is 10.2 Å². The Balaban J connectivity index is 2.31. The molecule has 0 bridgehead atoms. The van der Waals surface area contributed by atoms with Gasteiger partial charge in [0.2, 0.25) is 11.8 Å². The van der Waals surface area contributed by atoms with E-state index in [4.69, 9.17) is 5.11 Å². The third kappa shape index (κ3) is 6.37. The molecule has 1 unspecified atom stereocenters. The first-order valence-electron chi connectivity index (χ1n) is 7.68. The van der Waals surface area contributed by atoms with E-state index in [9.17, 15) is 9.59 Å². The highest BCUT2D eigenvalue weighted by atomic mass is 16.3. The van der Waals surface area contributed by atoms with Crippen LogP contribution < -0.4 is 5.32 Å². The molecule has 1 saturated heterocycles. The molecule has 1 aliphatic rings. The number of carbonyl (C=O) groups excluding carboxylic acids is 2. The number of amides is 2. The number of piperidine rings is 1. The lowest BCUT2D eigenvalue weighted by molar-refractivity contribution is -0.137. The molecular weight excluding hydrogens is 256 g/mol. The summed E-state index contributed by atoms with van der Waals surface area (Å²) in [5.74, 6) is 0.848. The minimum Gasteiger partial charge on any atom is -0.396 e. The van der Waals surface area contributed by atoms with Gasteiger partial charge in [-0.3, -0.25) is 9.59 Å². The summed E-state index contributed by atoms with van der Waals surface area (Å²) in [5.41, 5.74) is 0. The zero-order valence-electron chi connectivity index (χ0n) is 12.7. The predicted molar refractivity (Wildman–Crippen MR) is 78.1 cm³/mol. The van der Waals surface area contributed by atoms with Crippen LogP contribution in [-0.4, -0.2) is 48.1 Å². The average Bonchev–Trinajstić information content (AvgIpc) is 2.38. The molecule has 116 valence electrons. The normalized spacial score (nSPS) is 17.4. The van der Waals surface area contributed by atoms with Crippen LogP contribution in [0.2, 0.25) is 0 Å². The Morgan fingerprint density at radius 2 is 2.15 bits per heavy atom. The molecule has 2 N–H and O–H groups in total. The van der Waals surface area contributed by atoms with Crippen molar-refractivity contribution < 1.29 is 14.7 Å². The maximum atomic E-state index is 11.9. The van der Waals surface area contributed by atoms with E-state index in [0.717, 1.165) is 19.3 Å². The molecule has 0 aromatic carbocycles. The molecule has 1 aliphatic heterocycles. The van der Waals surface area contributed by atoms with Gasteiger partial charge in [0.05, 0.1) is 6.54 Å². The van der Waals surface area contributed by atoms with E-state index in [1.165, 1.54) is 0 Å². The molecule has 0 radical (unpaired) electrons. The van der Waals surface area contributed by atoms with Crippen LogP contribution in [0.1, 0.15) is 46.0 Å². The fourth-order valence-electron chi connectivity index (χ4n) is 2.67. The van der Waals surface area contributed by atoms with E-state index in [1.807, 2.05) is 0 Å². The first-order chi connectivity index (χ1) is 9.52. The number of likely N-dealkylation sites (tertiary alicyclic amines) is 1. The monoisotopic (exact) mass is 284 g/mol. The summed E-state index contributed by atoms with van der Waals surface area (Å²) in [5, 5.41) is 11.9. The van der Waals surface area contributed by atoms with Crippen molar-refractivity contribution in [3.8, 4) is 0 Å². The molecular formula is C15H28N2O3. The van der Waals surface area contributed by atoms with Crippen LogP contribution in [0.4, 0.5) is 0 Å². The van der Waals surface area contributed by atoms with Gasteiger partial charge in [0.1, 0.15) is 0 Å². The highest BCUT2D eigenvalue weighted by Gasteiger charge is 2.20. The van der Waals surface area contributed by atoms with Gasteiger partial charge in [-0.1, -0.05) is 13.8 Å². The third-order valence-electron chi connectivity index (χ3n) is 3.69. The second-order valence-corrected chi connectivity index (χ2v) is 6.08. The lowest BCUT2D eigenvalue weighted by atomic mass is 9.94. The summed E-state index contributed by atoms with van der Waals surface area (Å²) in [6, 6.07) is 0. The Morgan fingerprint density at radius 3 is 2.75 bits per heavy atom. The SMILES string of the molecule is CC(C)CC(CCO)CNC(=O)CN1CCCCC1=O. The number of hydrogen-bond acceptors (Lipinski definition) is 3. The average molecular weight is 284 g/mol. The number of hydrogen-bond donors (Lipinski definition) is 2. The van der Waals surface area contributed by atoms with Crippen LogP contribution in [0, 0.1) is 11.8 Å². The predicted octanol–water partition coefficient (Wildman–Crippen LogP) is 1.16. The van der Waals surface area contributed by atoms with Crippen molar-refractivity contribution in [2.24, 2.45) is 11.8 Å². The van der Waals surface area contributed by atoms with Crippen LogP contribution in [0.25, 0.3) is 0 Å². The fraction of sp³-hybridized carbons (Fsp3) is 0.867. The van der Waals surface area contributed by atoms with Crippen molar-refractivity contribution in [2.75, 3.05) is 26.2 Å². The minimum absolute atomic E-state index is 0.0838. The largest absolute Gasteiger partial charge is 0.396 e. The molecule has 5 nitrogen and oxygen atoms in total. The number of rotatable bonds is 8. The van der Waals surface area contributed by atoms with Gasteiger partial charge >= 0.3 is 0 Å². The summed E-state index contributed by atoms with van der Waals surface area (Å²) < 4.78 is 0. The van der Waals surface area contributed by atoms with Gasteiger partial charge in [0, 0.05) is 26.1 Å². The Morgan fingerprint density at radius 1 is 1.40 bits per heavy atom. The maximum Gasteiger partial charge on any atom is 0.239 e. The van der Waals surface area contributed by atoms with Gasteiger partial charge in [-0.15, -0.1) is 0 Å². The summed E-state index contributed by atoms with van der Waals surface area (Å²) in [4.78, 5) is 25.2. The molecule has 1 rings (SSSR count). The molecule has 2 amide bonds. The Kier molecular flexibility index (Phi) is 7.59. The maximum absolute atomic E-state index is 11.9. The quantitative estimate of drug-likeness (QED) is 0.703. The Bertz CT molecular complexity index is 318. The van der Waals surface area contributed by atoms with E-state index in [1.54, 1.807) is 4.90 Å². The molecule has 0 aliphatic carbocycles. The van der Waals surface area contributed by atoms with Crippen molar-refractivity contribution in [1.29, 1.82) is 0 Å². The van der Waals surface area contributed by atoms with E-state index in [0.29, 0.717) is 37.8 Å². The molecule has 5 heteroatoms. The highest BCUT2D eigenvalue weighted by Crippen LogP contribution is 2.14. The van der Waals surface area contributed by atoms with Crippen LogP contribution in [-0.2, 0) is 9.59 Å². The van der Waals surface area contributed by atoms with Crippen molar-refractivity contribution >= 4 is 11.8 Å². The van der Waals surface area contributed by atoms with Gasteiger partial charge < -0.3 is 15.3 Å². The van der Waals surface area contributed by atoms with Gasteiger partial charge in [0.25, 0.3) is 0 Å². The van der Waals surface area contributed by atoms with Crippen LogP contribution in [0.15, 0.2) is 0 Å². The van der Waals surface area contributed by atoms with Crippen LogP contribution >= 0.6 is 0 Å².